The number of ether oxygens (including phenoxy) is 1. The standard InChI is InChI=1S/C24H30N2O3/c1-24(2,3)29-17-19-6-4-5-18(15-19)16-25-23(28)26-13-11-21(12-14-26)20-7-9-22(27)10-8-20/h4-11,15,27H,12-14,16-17H2,1-3H3,(H,25,28). The second-order valence-electron chi connectivity index (χ2n) is 8.35. The van der Waals surface area contributed by atoms with E-state index in [-0.39, 0.29) is 17.4 Å². The van der Waals surface area contributed by atoms with Crippen molar-refractivity contribution in [1.82, 2.24) is 10.2 Å². The molecule has 0 saturated heterocycles. The van der Waals surface area contributed by atoms with Crippen LogP contribution in [0.15, 0.2) is 54.6 Å². The molecule has 2 N–H and O–H groups in total. The summed E-state index contributed by atoms with van der Waals surface area (Å²) in [5.41, 5.74) is 4.29. The summed E-state index contributed by atoms with van der Waals surface area (Å²) in [4.78, 5) is 14.3. The van der Waals surface area contributed by atoms with Gasteiger partial charge in [-0.05, 0) is 61.6 Å². The van der Waals surface area contributed by atoms with Crippen LogP contribution in [0.5, 0.6) is 5.75 Å². The Bertz CT molecular complexity index is 866. The highest BCUT2D eigenvalue weighted by atomic mass is 16.5. The molecule has 0 atom stereocenters. The normalized spacial score (nSPS) is 14.4. The van der Waals surface area contributed by atoms with Gasteiger partial charge in [0.25, 0.3) is 0 Å². The van der Waals surface area contributed by atoms with Gasteiger partial charge in [0, 0.05) is 19.6 Å². The van der Waals surface area contributed by atoms with Crippen molar-refractivity contribution in [3.8, 4) is 5.75 Å². The SMILES string of the molecule is CC(C)(C)OCc1cccc(CNC(=O)N2CC=C(c3ccc(O)cc3)CC2)c1. The summed E-state index contributed by atoms with van der Waals surface area (Å²) in [6.07, 6.45) is 2.89. The molecule has 0 aromatic heterocycles. The minimum Gasteiger partial charge on any atom is -0.508 e. The Morgan fingerprint density at radius 2 is 1.86 bits per heavy atom. The minimum absolute atomic E-state index is 0.0534. The summed E-state index contributed by atoms with van der Waals surface area (Å²) in [6.45, 7) is 8.43. The van der Waals surface area contributed by atoms with Crippen LogP contribution in [0.25, 0.3) is 5.57 Å². The number of phenolic OH excluding ortho intramolecular Hbond substituents is 1. The molecule has 0 saturated carbocycles. The largest absolute Gasteiger partial charge is 0.508 e. The number of hydrogen-bond acceptors (Lipinski definition) is 3. The highest BCUT2D eigenvalue weighted by Gasteiger charge is 2.18. The van der Waals surface area contributed by atoms with Gasteiger partial charge in [0.2, 0.25) is 0 Å². The van der Waals surface area contributed by atoms with E-state index in [0.29, 0.717) is 26.2 Å². The molecule has 1 aliphatic heterocycles. The lowest BCUT2D eigenvalue weighted by molar-refractivity contribution is -0.0149. The van der Waals surface area contributed by atoms with E-state index in [1.54, 1.807) is 12.1 Å². The number of benzene rings is 2. The van der Waals surface area contributed by atoms with Crippen molar-refractivity contribution in [2.24, 2.45) is 0 Å². The van der Waals surface area contributed by atoms with Gasteiger partial charge >= 0.3 is 6.03 Å². The number of carbonyl (C=O) groups excluding carboxylic acids is 1. The Labute approximate surface area is 173 Å². The van der Waals surface area contributed by atoms with E-state index >= 15 is 0 Å². The monoisotopic (exact) mass is 394 g/mol. The van der Waals surface area contributed by atoms with Crippen molar-refractivity contribution in [2.45, 2.75) is 45.9 Å². The molecule has 0 fully saturated rings. The Kier molecular flexibility index (Phi) is 6.60. The fourth-order valence-electron chi connectivity index (χ4n) is 3.21. The fourth-order valence-corrected chi connectivity index (χ4v) is 3.21. The molecule has 29 heavy (non-hydrogen) atoms. The van der Waals surface area contributed by atoms with Crippen molar-refractivity contribution < 1.29 is 14.6 Å². The molecule has 1 heterocycles. The summed E-state index contributed by atoms with van der Waals surface area (Å²) in [6, 6.07) is 15.3. The second kappa shape index (κ2) is 9.14. The molecule has 2 aromatic carbocycles. The first-order chi connectivity index (χ1) is 13.8. The minimum atomic E-state index is -0.176. The van der Waals surface area contributed by atoms with Crippen LogP contribution in [0.4, 0.5) is 4.79 Å². The van der Waals surface area contributed by atoms with Gasteiger partial charge in [0.15, 0.2) is 0 Å². The predicted molar refractivity (Wildman–Crippen MR) is 115 cm³/mol. The Morgan fingerprint density at radius 1 is 1.14 bits per heavy atom. The number of rotatable bonds is 5. The maximum absolute atomic E-state index is 12.5. The first-order valence-corrected chi connectivity index (χ1v) is 10.0. The summed E-state index contributed by atoms with van der Waals surface area (Å²) in [5.74, 6) is 0.264. The van der Waals surface area contributed by atoms with E-state index in [2.05, 4.69) is 17.5 Å². The van der Waals surface area contributed by atoms with E-state index < -0.39 is 0 Å². The Balaban J connectivity index is 1.51. The molecule has 5 heteroatoms. The molecular weight excluding hydrogens is 364 g/mol. The highest BCUT2D eigenvalue weighted by Crippen LogP contribution is 2.24. The number of aromatic hydroxyl groups is 1. The van der Waals surface area contributed by atoms with Crippen LogP contribution >= 0.6 is 0 Å². The molecule has 2 aromatic rings. The summed E-state index contributed by atoms with van der Waals surface area (Å²) in [5, 5.41) is 12.4. The smallest absolute Gasteiger partial charge is 0.317 e. The van der Waals surface area contributed by atoms with E-state index in [9.17, 15) is 9.90 Å². The first-order valence-electron chi connectivity index (χ1n) is 10.0. The maximum atomic E-state index is 12.5. The number of nitrogens with one attached hydrogen (secondary N) is 1. The van der Waals surface area contributed by atoms with Gasteiger partial charge < -0.3 is 20.1 Å². The van der Waals surface area contributed by atoms with Gasteiger partial charge in [-0.25, -0.2) is 4.79 Å². The van der Waals surface area contributed by atoms with Crippen LogP contribution in [-0.2, 0) is 17.9 Å². The van der Waals surface area contributed by atoms with Crippen molar-refractivity contribution in [1.29, 1.82) is 0 Å². The second-order valence-corrected chi connectivity index (χ2v) is 8.35. The van der Waals surface area contributed by atoms with Gasteiger partial charge in [0.05, 0.1) is 12.2 Å². The van der Waals surface area contributed by atoms with Gasteiger partial charge in [-0.15, -0.1) is 0 Å². The number of nitrogens with zero attached hydrogens (tertiary/aromatic N) is 1. The Hall–Kier alpha value is -2.79. The molecule has 0 unspecified atom stereocenters. The molecule has 1 aliphatic rings. The van der Waals surface area contributed by atoms with E-state index in [1.807, 2.05) is 56.0 Å². The van der Waals surface area contributed by atoms with Crippen molar-refractivity contribution in [3.05, 3.63) is 71.3 Å². The molecule has 3 rings (SSSR count). The van der Waals surface area contributed by atoms with Crippen molar-refractivity contribution in [2.75, 3.05) is 13.1 Å². The lowest BCUT2D eigenvalue weighted by Gasteiger charge is -2.27. The van der Waals surface area contributed by atoms with Crippen LogP contribution in [-0.4, -0.2) is 34.7 Å². The van der Waals surface area contributed by atoms with Gasteiger partial charge in [-0.3, -0.25) is 0 Å². The van der Waals surface area contributed by atoms with Crippen LogP contribution in [0, 0.1) is 0 Å². The fraction of sp³-hybridized carbons (Fsp3) is 0.375. The summed E-state index contributed by atoms with van der Waals surface area (Å²) >= 11 is 0. The quantitative estimate of drug-likeness (QED) is 0.772. The zero-order valence-corrected chi connectivity index (χ0v) is 17.4. The average Bonchev–Trinajstić information content (AvgIpc) is 2.71. The van der Waals surface area contributed by atoms with Crippen molar-refractivity contribution in [3.63, 3.8) is 0 Å². The number of phenols is 1. The molecular formula is C24H30N2O3. The number of hydrogen-bond donors (Lipinski definition) is 2. The predicted octanol–water partition coefficient (Wildman–Crippen LogP) is 4.71. The topological polar surface area (TPSA) is 61.8 Å². The highest BCUT2D eigenvalue weighted by molar-refractivity contribution is 5.76. The Morgan fingerprint density at radius 3 is 2.52 bits per heavy atom. The molecule has 0 spiro atoms. The van der Waals surface area contributed by atoms with Crippen LogP contribution < -0.4 is 5.32 Å². The lowest BCUT2D eigenvalue weighted by atomic mass is 9.99. The van der Waals surface area contributed by atoms with E-state index in [0.717, 1.165) is 23.1 Å². The summed E-state index contributed by atoms with van der Waals surface area (Å²) in [7, 11) is 0. The number of carbonyl (C=O) groups is 1. The maximum Gasteiger partial charge on any atom is 0.317 e. The van der Waals surface area contributed by atoms with Gasteiger partial charge in [-0.2, -0.15) is 0 Å². The summed E-state index contributed by atoms with van der Waals surface area (Å²) < 4.78 is 5.83. The zero-order chi connectivity index (χ0) is 20.9. The lowest BCUT2D eigenvalue weighted by Crippen LogP contribution is -2.41. The first kappa shape index (κ1) is 20.9. The molecule has 2 amide bonds. The van der Waals surface area contributed by atoms with Crippen LogP contribution in [0.3, 0.4) is 0 Å². The molecule has 0 aliphatic carbocycles. The third-order valence-corrected chi connectivity index (χ3v) is 4.84. The molecule has 154 valence electrons. The molecule has 0 bridgehead atoms. The molecule has 0 radical (unpaired) electrons. The van der Waals surface area contributed by atoms with Crippen LogP contribution in [0.2, 0.25) is 0 Å². The van der Waals surface area contributed by atoms with E-state index in [4.69, 9.17) is 4.74 Å². The number of amides is 2. The zero-order valence-electron chi connectivity index (χ0n) is 17.4. The third-order valence-electron chi connectivity index (χ3n) is 4.84. The molecule has 5 nitrogen and oxygen atoms in total. The van der Waals surface area contributed by atoms with Gasteiger partial charge in [-0.1, -0.05) is 42.5 Å². The average molecular weight is 395 g/mol. The van der Waals surface area contributed by atoms with Crippen molar-refractivity contribution >= 4 is 11.6 Å². The van der Waals surface area contributed by atoms with Crippen LogP contribution in [0.1, 0.15) is 43.9 Å². The third kappa shape index (κ3) is 6.36. The number of urea groups is 1. The van der Waals surface area contributed by atoms with E-state index in [1.165, 1.54) is 5.57 Å². The van der Waals surface area contributed by atoms with Gasteiger partial charge in [0.1, 0.15) is 5.75 Å².